The number of nitrogens with zero attached hydrogens (tertiary/aromatic N) is 3. The molecule has 5 N–H and O–H groups in total. The fourth-order valence-corrected chi connectivity index (χ4v) is 7.36. The van der Waals surface area contributed by atoms with Gasteiger partial charge in [-0.25, -0.2) is 0 Å². The van der Waals surface area contributed by atoms with Gasteiger partial charge in [0.05, 0.1) is 6.54 Å². The van der Waals surface area contributed by atoms with Crippen LogP contribution in [0.4, 0.5) is 0 Å². The van der Waals surface area contributed by atoms with Crippen LogP contribution in [0.2, 0.25) is 0 Å². The Labute approximate surface area is 261 Å². The van der Waals surface area contributed by atoms with Crippen LogP contribution in [-0.2, 0) is 13.1 Å². The summed E-state index contributed by atoms with van der Waals surface area (Å²) >= 11 is 0. The van der Waals surface area contributed by atoms with Gasteiger partial charge < -0.3 is 26.6 Å². The number of nitrogens with two attached hydrogens (primary N) is 1. The Kier molecular flexibility index (Phi) is 12.8. The largest absolute Gasteiger partial charge is 0.385 e. The van der Waals surface area contributed by atoms with Crippen molar-refractivity contribution in [3.8, 4) is 0 Å². The molecule has 0 unspecified atom stereocenters. The molecular formula is C36H59N7. The highest BCUT2D eigenvalue weighted by Crippen LogP contribution is 2.26. The van der Waals surface area contributed by atoms with Gasteiger partial charge in [-0.15, -0.1) is 0 Å². The third kappa shape index (κ3) is 10.6. The number of piperazine rings is 1. The molecule has 0 atom stereocenters. The average Bonchev–Trinajstić information content (AvgIpc) is 3.04. The molecule has 7 nitrogen and oxygen atoms in total. The number of nitrogens with one attached hydrogen (secondary N) is 3. The van der Waals surface area contributed by atoms with Crippen molar-refractivity contribution in [3.05, 3.63) is 58.6 Å². The summed E-state index contributed by atoms with van der Waals surface area (Å²) in [5, 5.41) is 10.8. The van der Waals surface area contributed by atoms with E-state index in [2.05, 4.69) is 63.0 Å². The lowest BCUT2D eigenvalue weighted by atomic mass is 9.89. The van der Waals surface area contributed by atoms with Crippen LogP contribution in [-0.4, -0.2) is 67.5 Å². The average molecular weight is 590 g/mol. The first kappa shape index (κ1) is 32.1. The fourth-order valence-electron chi connectivity index (χ4n) is 7.36. The summed E-state index contributed by atoms with van der Waals surface area (Å²) in [7, 11) is 0. The Hall–Kier alpha value is -2.35. The second kappa shape index (κ2) is 17.2. The fraction of sp³-hybridized carbons (Fsp3) is 0.694. The number of hydrogen-bond donors (Lipinski definition) is 4. The molecule has 0 aromatic heterocycles. The lowest BCUT2D eigenvalue weighted by Gasteiger charge is -2.39. The van der Waals surface area contributed by atoms with E-state index in [0.29, 0.717) is 12.4 Å². The van der Waals surface area contributed by atoms with E-state index in [4.69, 9.17) is 10.7 Å². The number of hydrogen-bond acceptors (Lipinski definition) is 6. The zero-order valence-electron chi connectivity index (χ0n) is 27.0. The van der Waals surface area contributed by atoms with Crippen molar-refractivity contribution in [1.29, 1.82) is 0 Å². The SMILES string of the molecule is C/C1=C(N2CCN(CC3CCCCC3)CC2)/C=C(/N)NC(=NCc2ccc(CNCCCNC3CCCCC3)cc2)CC1. The number of aliphatic imine (C=N–C) groups is 1. The van der Waals surface area contributed by atoms with Crippen molar-refractivity contribution >= 4 is 5.84 Å². The molecule has 1 saturated heterocycles. The molecule has 1 aromatic rings. The summed E-state index contributed by atoms with van der Waals surface area (Å²) in [6.45, 7) is 11.8. The summed E-state index contributed by atoms with van der Waals surface area (Å²) in [6.07, 6.45) is 19.3. The summed E-state index contributed by atoms with van der Waals surface area (Å²) < 4.78 is 0. The van der Waals surface area contributed by atoms with Crippen molar-refractivity contribution in [2.24, 2.45) is 16.6 Å². The Balaban J connectivity index is 1.02. The second-order valence-corrected chi connectivity index (χ2v) is 13.6. The van der Waals surface area contributed by atoms with Gasteiger partial charge in [0.25, 0.3) is 0 Å². The van der Waals surface area contributed by atoms with E-state index in [1.165, 1.54) is 99.6 Å². The maximum Gasteiger partial charge on any atom is 0.103 e. The number of allylic oxidation sites excluding steroid dienone is 2. The molecule has 2 heterocycles. The molecule has 2 aliphatic heterocycles. The van der Waals surface area contributed by atoms with Crippen molar-refractivity contribution < 1.29 is 0 Å². The predicted molar refractivity (Wildman–Crippen MR) is 181 cm³/mol. The molecule has 0 amide bonds. The van der Waals surface area contributed by atoms with Crippen LogP contribution in [0, 0.1) is 5.92 Å². The van der Waals surface area contributed by atoms with E-state index in [0.717, 1.165) is 76.5 Å². The molecule has 5 rings (SSSR count). The van der Waals surface area contributed by atoms with E-state index in [-0.39, 0.29) is 0 Å². The van der Waals surface area contributed by atoms with Crippen molar-refractivity contribution in [3.63, 3.8) is 0 Å². The van der Waals surface area contributed by atoms with E-state index in [9.17, 15) is 0 Å². The van der Waals surface area contributed by atoms with Gasteiger partial charge in [-0.1, -0.05) is 62.8 Å². The van der Waals surface area contributed by atoms with Crippen LogP contribution >= 0.6 is 0 Å². The highest BCUT2D eigenvalue weighted by molar-refractivity contribution is 5.84. The van der Waals surface area contributed by atoms with E-state index in [1.54, 1.807) is 0 Å². The Bertz CT molecular complexity index is 1060. The molecule has 2 aliphatic carbocycles. The molecule has 0 bridgehead atoms. The molecule has 4 aliphatic rings. The smallest absolute Gasteiger partial charge is 0.103 e. The zero-order chi connectivity index (χ0) is 29.7. The molecule has 43 heavy (non-hydrogen) atoms. The molecule has 0 radical (unpaired) electrons. The third-order valence-corrected chi connectivity index (χ3v) is 10.1. The summed E-state index contributed by atoms with van der Waals surface area (Å²) in [4.78, 5) is 10.2. The van der Waals surface area contributed by atoms with Crippen LogP contribution < -0.4 is 21.7 Å². The molecule has 2 saturated carbocycles. The first-order valence-corrected chi connectivity index (χ1v) is 17.6. The molecule has 3 fully saturated rings. The lowest BCUT2D eigenvalue weighted by Crippen LogP contribution is -2.47. The molecule has 238 valence electrons. The van der Waals surface area contributed by atoms with Crippen LogP contribution in [0.15, 0.2) is 52.4 Å². The second-order valence-electron chi connectivity index (χ2n) is 13.6. The molecule has 7 heteroatoms. The van der Waals surface area contributed by atoms with E-state index >= 15 is 0 Å². The summed E-state index contributed by atoms with van der Waals surface area (Å²) in [5.41, 5.74) is 11.8. The minimum atomic E-state index is 0.675. The minimum absolute atomic E-state index is 0.675. The maximum absolute atomic E-state index is 6.50. The summed E-state index contributed by atoms with van der Waals surface area (Å²) in [5.74, 6) is 2.60. The van der Waals surface area contributed by atoms with Gasteiger partial charge in [0.2, 0.25) is 0 Å². The van der Waals surface area contributed by atoms with Crippen LogP contribution in [0.3, 0.4) is 0 Å². The number of benzene rings is 1. The first-order valence-electron chi connectivity index (χ1n) is 17.6. The van der Waals surface area contributed by atoms with E-state index in [1.807, 2.05) is 0 Å². The van der Waals surface area contributed by atoms with Gasteiger partial charge in [0, 0.05) is 63.5 Å². The van der Waals surface area contributed by atoms with Crippen molar-refractivity contribution in [1.82, 2.24) is 25.8 Å². The standard InChI is InChI=1S/C36H59N7/c1-29-13-18-36(41-35(37)25-34(29)43-23-21-42(22-24-43)28-32-9-4-2-5-10-32)40-27-31-16-14-30(15-17-31)26-38-19-8-20-39-33-11-6-3-7-12-33/h14-17,25,32-33,38-39H,2-13,18-24,26-28,37H2,1H3,(H,40,41)/b34-29+,35-25-. The van der Waals surface area contributed by atoms with Gasteiger partial charge in [-0.05, 0) is 81.2 Å². The number of amidine groups is 1. The van der Waals surface area contributed by atoms with Crippen LogP contribution in [0.5, 0.6) is 0 Å². The topological polar surface area (TPSA) is 81.0 Å². The maximum atomic E-state index is 6.50. The summed E-state index contributed by atoms with van der Waals surface area (Å²) in [6, 6.07) is 9.65. The van der Waals surface area contributed by atoms with Crippen molar-refractivity contribution in [2.45, 2.75) is 110 Å². The highest BCUT2D eigenvalue weighted by atomic mass is 15.3. The monoisotopic (exact) mass is 589 g/mol. The Morgan fingerprint density at radius 1 is 0.860 bits per heavy atom. The van der Waals surface area contributed by atoms with Gasteiger partial charge in [-0.3, -0.25) is 9.89 Å². The van der Waals surface area contributed by atoms with E-state index < -0.39 is 0 Å². The van der Waals surface area contributed by atoms with Crippen LogP contribution in [0.25, 0.3) is 0 Å². The molecular weight excluding hydrogens is 530 g/mol. The van der Waals surface area contributed by atoms with Gasteiger partial charge in [0.15, 0.2) is 0 Å². The first-order chi connectivity index (χ1) is 21.1. The highest BCUT2D eigenvalue weighted by Gasteiger charge is 2.23. The van der Waals surface area contributed by atoms with Gasteiger partial charge in [-0.2, -0.15) is 0 Å². The third-order valence-electron chi connectivity index (χ3n) is 10.1. The normalized spacial score (nSPS) is 25.7. The Morgan fingerprint density at radius 2 is 1.56 bits per heavy atom. The van der Waals surface area contributed by atoms with Crippen LogP contribution in [0.1, 0.15) is 102 Å². The number of rotatable bonds is 12. The minimum Gasteiger partial charge on any atom is -0.385 e. The zero-order valence-corrected chi connectivity index (χ0v) is 27.0. The van der Waals surface area contributed by atoms with Gasteiger partial charge in [0.1, 0.15) is 11.7 Å². The predicted octanol–water partition coefficient (Wildman–Crippen LogP) is 5.64. The van der Waals surface area contributed by atoms with Crippen molar-refractivity contribution in [2.75, 3.05) is 45.8 Å². The van der Waals surface area contributed by atoms with Gasteiger partial charge >= 0.3 is 0 Å². The Morgan fingerprint density at radius 3 is 2.30 bits per heavy atom. The lowest BCUT2D eigenvalue weighted by molar-refractivity contribution is 0.130. The quantitative estimate of drug-likeness (QED) is 0.236. The molecule has 0 spiro atoms. The molecule has 1 aromatic carbocycles.